The second-order valence-electron chi connectivity index (χ2n) is 5.42. The van der Waals surface area contributed by atoms with Gasteiger partial charge in [0.05, 0.1) is 5.69 Å². The minimum absolute atomic E-state index is 0.162. The number of benzene rings is 1. The van der Waals surface area contributed by atoms with Crippen LogP contribution < -0.4 is 10.1 Å². The van der Waals surface area contributed by atoms with Gasteiger partial charge in [0.1, 0.15) is 0 Å². The van der Waals surface area contributed by atoms with Crippen molar-refractivity contribution in [3.63, 3.8) is 0 Å². The van der Waals surface area contributed by atoms with Crippen molar-refractivity contribution in [2.75, 3.05) is 6.54 Å². The Morgan fingerprint density at radius 3 is 2.67 bits per heavy atom. The molecular weight excluding hydrogens is 269 g/mol. The van der Waals surface area contributed by atoms with E-state index in [-0.39, 0.29) is 11.6 Å². The minimum atomic E-state index is -0.412. The Bertz CT molecular complexity index is 585. The van der Waals surface area contributed by atoms with Crippen LogP contribution in [0.3, 0.4) is 0 Å². The van der Waals surface area contributed by atoms with Gasteiger partial charge in [0, 0.05) is 12.6 Å². The molecule has 0 aliphatic heterocycles. The summed E-state index contributed by atoms with van der Waals surface area (Å²) >= 11 is 0. The van der Waals surface area contributed by atoms with Crippen LogP contribution in [0.2, 0.25) is 0 Å². The van der Waals surface area contributed by atoms with Crippen LogP contribution in [0.4, 0.5) is 4.39 Å². The Morgan fingerprint density at radius 1 is 1.19 bits per heavy atom. The van der Waals surface area contributed by atoms with Crippen molar-refractivity contribution in [2.24, 2.45) is 5.92 Å². The zero-order chi connectivity index (χ0) is 15.2. The normalized spacial score (nSPS) is 10.9. The van der Waals surface area contributed by atoms with Crippen molar-refractivity contribution in [3.8, 4) is 11.6 Å². The second kappa shape index (κ2) is 7.13. The Hall–Kier alpha value is -2.01. The first-order chi connectivity index (χ1) is 10.0. The molecule has 5 heteroatoms. The van der Waals surface area contributed by atoms with Crippen molar-refractivity contribution in [2.45, 2.75) is 27.3 Å². The molecule has 0 aliphatic rings. The number of hydrogen-bond acceptors (Lipinski definition) is 4. The summed E-state index contributed by atoms with van der Waals surface area (Å²) in [5, 5.41) is 11.3. The van der Waals surface area contributed by atoms with Gasteiger partial charge in [-0.05, 0) is 43.1 Å². The minimum Gasteiger partial charge on any atom is -0.434 e. The van der Waals surface area contributed by atoms with E-state index < -0.39 is 5.82 Å². The molecule has 1 aromatic heterocycles. The van der Waals surface area contributed by atoms with Gasteiger partial charge in [0.25, 0.3) is 0 Å². The molecule has 0 amide bonds. The van der Waals surface area contributed by atoms with Crippen LogP contribution in [0.15, 0.2) is 30.3 Å². The lowest BCUT2D eigenvalue weighted by atomic mass is 10.2. The van der Waals surface area contributed by atoms with E-state index in [1.807, 2.05) is 13.0 Å². The van der Waals surface area contributed by atoms with Crippen LogP contribution in [0.1, 0.15) is 25.1 Å². The van der Waals surface area contributed by atoms with Crippen LogP contribution >= 0.6 is 0 Å². The molecule has 0 aliphatic carbocycles. The zero-order valence-electron chi connectivity index (χ0n) is 12.6. The highest BCUT2D eigenvalue weighted by atomic mass is 19.1. The molecule has 0 bridgehead atoms. The first kappa shape index (κ1) is 15.4. The lowest BCUT2D eigenvalue weighted by Crippen LogP contribution is -2.19. The molecule has 0 saturated heterocycles. The summed E-state index contributed by atoms with van der Waals surface area (Å²) in [5.74, 6) is 0.622. The molecule has 112 valence electrons. The quantitative estimate of drug-likeness (QED) is 0.884. The maximum atomic E-state index is 13.6. The van der Waals surface area contributed by atoms with E-state index in [1.54, 1.807) is 18.2 Å². The fourth-order valence-corrected chi connectivity index (χ4v) is 1.79. The highest BCUT2D eigenvalue weighted by molar-refractivity contribution is 5.32. The average Bonchev–Trinajstić information content (AvgIpc) is 2.44. The maximum Gasteiger partial charge on any atom is 0.239 e. The SMILES string of the molecule is Cc1ccc(F)c(Oc2ccc(CNCC(C)C)nn2)c1. The van der Waals surface area contributed by atoms with Gasteiger partial charge in [-0.25, -0.2) is 4.39 Å². The van der Waals surface area contributed by atoms with E-state index in [9.17, 15) is 4.39 Å². The predicted molar refractivity (Wildman–Crippen MR) is 79.8 cm³/mol. The first-order valence-corrected chi connectivity index (χ1v) is 7.02. The van der Waals surface area contributed by atoms with E-state index in [2.05, 4.69) is 29.4 Å². The Kier molecular flexibility index (Phi) is 5.22. The highest BCUT2D eigenvalue weighted by Crippen LogP contribution is 2.23. The van der Waals surface area contributed by atoms with Gasteiger partial charge in [0.2, 0.25) is 5.88 Å². The summed E-state index contributed by atoms with van der Waals surface area (Å²) < 4.78 is 19.0. The summed E-state index contributed by atoms with van der Waals surface area (Å²) in [6.45, 7) is 7.75. The molecule has 0 fully saturated rings. The van der Waals surface area contributed by atoms with E-state index in [1.165, 1.54) is 6.07 Å². The van der Waals surface area contributed by atoms with Gasteiger partial charge < -0.3 is 10.1 Å². The van der Waals surface area contributed by atoms with Crippen molar-refractivity contribution in [1.29, 1.82) is 0 Å². The molecule has 1 heterocycles. The predicted octanol–water partition coefficient (Wildman–Crippen LogP) is 3.46. The van der Waals surface area contributed by atoms with Gasteiger partial charge in [-0.3, -0.25) is 0 Å². The Balaban J connectivity index is 1.97. The smallest absolute Gasteiger partial charge is 0.239 e. The van der Waals surface area contributed by atoms with Crippen LogP contribution in [0.5, 0.6) is 11.6 Å². The molecule has 0 atom stereocenters. The van der Waals surface area contributed by atoms with Gasteiger partial charge >= 0.3 is 0 Å². The monoisotopic (exact) mass is 289 g/mol. The third-order valence-electron chi connectivity index (χ3n) is 2.86. The number of halogens is 1. The molecular formula is C16H20FN3O. The summed E-state index contributed by atoms with van der Waals surface area (Å²) in [7, 11) is 0. The van der Waals surface area contributed by atoms with Crippen molar-refractivity contribution >= 4 is 0 Å². The summed E-state index contributed by atoms with van der Waals surface area (Å²) in [4.78, 5) is 0. The summed E-state index contributed by atoms with van der Waals surface area (Å²) in [5.41, 5.74) is 1.75. The zero-order valence-corrected chi connectivity index (χ0v) is 12.6. The second-order valence-corrected chi connectivity index (χ2v) is 5.42. The molecule has 0 radical (unpaired) electrons. The largest absolute Gasteiger partial charge is 0.434 e. The molecule has 0 unspecified atom stereocenters. The number of nitrogens with one attached hydrogen (secondary N) is 1. The first-order valence-electron chi connectivity index (χ1n) is 7.02. The standard InChI is InChI=1S/C16H20FN3O/c1-11(2)9-18-10-13-5-7-16(20-19-13)21-15-8-12(3)4-6-14(15)17/h4-8,11,18H,9-10H2,1-3H3. The molecule has 1 aromatic carbocycles. The fraction of sp³-hybridized carbons (Fsp3) is 0.375. The van der Waals surface area contributed by atoms with Gasteiger partial charge in [0.15, 0.2) is 11.6 Å². The van der Waals surface area contributed by atoms with E-state index in [4.69, 9.17) is 4.74 Å². The van der Waals surface area contributed by atoms with E-state index in [0.717, 1.165) is 17.8 Å². The number of nitrogens with zero attached hydrogens (tertiary/aromatic N) is 2. The number of rotatable bonds is 6. The molecule has 4 nitrogen and oxygen atoms in total. The summed E-state index contributed by atoms with van der Waals surface area (Å²) in [6, 6.07) is 8.22. The fourth-order valence-electron chi connectivity index (χ4n) is 1.79. The molecule has 0 saturated carbocycles. The van der Waals surface area contributed by atoms with Crippen LogP contribution in [0, 0.1) is 18.7 Å². The lowest BCUT2D eigenvalue weighted by Gasteiger charge is -2.08. The average molecular weight is 289 g/mol. The van der Waals surface area contributed by atoms with Gasteiger partial charge in [-0.1, -0.05) is 19.9 Å². The maximum absolute atomic E-state index is 13.6. The molecule has 0 spiro atoms. The van der Waals surface area contributed by atoms with Crippen molar-refractivity contribution in [1.82, 2.24) is 15.5 Å². The lowest BCUT2D eigenvalue weighted by molar-refractivity contribution is 0.420. The van der Waals surface area contributed by atoms with Crippen LogP contribution in [0.25, 0.3) is 0 Å². The molecule has 2 rings (SSSR count). The molecule has 2 aromatic rings. The number of aryl methyl sites for hydroxylation is 1. The molecule has 21 heavy (non-hydrogen) atoms. The van der Waals surface area contributed by atoms with E-state index >= 15 is 0 Å². The van der Waals surface area contributed by atoms with E-state index in [0.29, 0.717) is 12.5 Å². The Labute approximate surface area is 124 Å². The summed E-state index contributed by atoms with van der Waals surface area (Å²) in [6.07, 6.45) is 0. The number of aromatic nitrogens is 2. The topological polar surface area (TPSA) is 47.0 Å². The van der Waals surface area contributed by atoms with Crippen molar-refractivity contribution in [3.05, 3.63) is 47.4 Å². The number of hydrogen-bond donors (Lipinski definition) is 1. The molecule has 1 N–H and O–H groups in total. The highest BCUT2D eigenvalue weighted by Gasteiger charge is 2.06. The Morgan fingerprint density at radius 2 is 2.00 bits per heavy atom. The third-order valence-corrected chi connectivity index (χ3v) is 2.86. The van der Waals surface area contributed by atoms with Crippen molar-refractivity contribution < 1.29 is 9.13 Å². The van der Waals surface area contributed by atoms with Crippen LogP contribution in [-0.4, -0.2) is 16.7 Å². The van der Waals surface area contributed by atoms with Gasteiger partial charge in [-0.15, -0.1) is 5.10 Å². The van der Waals surface area contributed by atoms with Crippen LogP contribution in [-0.2, 0) is 6.54 Å². The number of ether oxygens (including phenoxy) is 1. The van der Waals surface area contributed by atoms with Gasteiger partial charge in [-0.2, -0.15) is 5.10 Å². The third kappa shape index (κ3) is 4.79.